The van der Waals surface area contributed by atoms with Crippen LogP contribution in [0.15, 0.2) is 18.3 Å². The maximum Gasteiger partial charge on any atom is 0.220 e. The van der Waals surface area contributed by atoms with Gasteiger partial charge in [0.05, 0.1) is 7.11 Å². The molecule has 0 atom stereocenters. The molecular formula is C13H19N3O2. The number of rotatable bonds is 7. The van der Waals surface area contributed by atoms with E-state index in [-0.39, 0.29) is 5.91 Å². The summed E-state index contributed by atoms with van der Waals surface area (Å²) in [6.45, 7) is 0.714. The highest BCUT2D eigenvalue weighted by Crippen LogP contribution is 2.20. The van der Waals surface area contributed by atoms with Crippen molar-refractivity contribution in [1.82, 2.24) is 10.3 Å². The lowest BCUT2D eigenvalue weighted by Crippen LogP contribution is -2.25. The Labute approximate surface area is 107 Å². The molecule has 1 aliphatic carbocycles. The van der Waals surface area contributed by atoms with Crippen molar-refractivity contribution in [3.63, 3.8) is 0 Å². The first kappa shape index (κ1) is 12.7. The first-order valence-electron chi connectivity index (χ1n) is 6.32. The van der Waals surface area contributed by atoms with Gasteiger partial charge in [0.1, 0.15) is 0 Å². The van der Waals surface area contributed by atoms with Crippen molar-refractivity contribution in [3.05, 3.63) is 18.3 Å². The van der Waals surface area contributed by atoms with Crippen LogP contribution in [0.2, 0.25) is 0 Å². The van der Waals surface area contributed by atoms with Gasteiger partial charge in [0.2, 0.25) is 5.91 Å². The molecular weight excluding hydrogens is 230 g/mol. The highest BCUT2D eigenvalue weighted by atomic mass is 16.5. The lowest BCUT2D eigenvalue weighted by Gasteiger charge is -2.09. The van der Waals surface area contributed by atoms with Gasteiger partial charge in [-0.15, -0.1) is 0 Å². The predicted octanol–water partition coefficient (Wildman–Crippen LogP) is 1.56. The van der Waals surface area contributed by atoms with Crippen LogP contribution in [-0.2, 0) is 4.79 Å². The summed E-state index contributed by atoms with van der Waals surface area (Å²) in [6, 6.07) is 4.13. The van der Waals surface area contributed by atoms with E-state index in [2.05, 4.69) is 15.6 Å². The first-order valence-corrected chi connectivity index (χ1v) is 6.32. The average molecular weight is 249 g/mol. The number of methoxy groups -OCH3 is 1. The van der Waals surface area contributed by atoms with Crippen LogP contribution < -0.4 is 15.4 Å². The molecule has 0 radical (unpaired) electrons. The maximum atomic E-state index is 11.4. The topological polar surface area (TPSA) is 63.2 Å². The lowest BCUT2D eigenvalue weighted by molar-refractivity contribution is -0.121. The molecule has 5 heteroatoms. The molecule has 1 heterocycles. The van der Waals surface area contributed by atoms with Gasteiger partial charge >= 0.3 is 0 Å². The smallest absolute Gasteiger partial charge is 0.220 e. The highest BCUT2D eigenvalue weighted by molar-refractivity contribution is 5.76. The summed E-state index contributed by atoms with van der Waals surface area (Å²) >= 11 is 0. The maximum absolute atomic E-state index is 11.4. The monoisotopic (exact) mass is 249 g/mol. The van der Waals surface area contributed by atoms with Crippen LogP contribution in [0.25, 0.3) is 0 Å². The number of carbonyl (C=O) groups is 1. The van der Waals surface area contributed by atoms with Gasteiger partial charge in [-0.1, -0.05) is 0 Å². The second-order valence-corrected chi connectivity index (χ2v) is 4.43. The lowest BCUT2D eigenvalue weighted by atomic mass is 10.3. The molecule has 1 aliphatic rings. The molecule has 1 aromatic rings. The second kappa shape index (κ2) is 6.23. The van der Waals surface area contributed by atoms with Gasteiger partial charge in [0, 0.05) is 25.2 Å². The molecule has 2 rings (SSSR count). The quantitative estimate of drug-likeness (QED) is 0.720. The summed E-state index contributed by atoms with van der Waals surface area (Å²) in [5.74, 6) is 1.59. The number of aromatic nitrogens is 1. The summed E-state index contributed by atoms with van der Waals surface area (Å²) in [5, 5.41) is 6.14. The van der Waals surface area contributed by atoms with E-state index in [1.807, 2.05) is 12.1 Å². The van der Waals surface area contributed by atoms with E-state index in [0.29, 0.717) is 19.0 Å². The molecule has 1 amide bonds. The Morgan fingerprint density at radius 1 is 1.56 bits per heavy atom. The standard InChI is InChI=1S/C13H19N3O2/c1-18-11-4-2-8-14-13(11)15-9-3-5-12(17)16-10-6-7-10/h2,4,8,10H,3,5-7,9H2,1H3,(H,14,15)(H,16,17). The molecule has 0 aromatic carbocycles. The van der Waals surface area contributed by atoms with Gasteiger partial charge in [-0.3, -0.25) is 4.79 Å². The zero-order valence-corrected chi connectivity index (χ0v) is 10.6. The van der Waals surface area contributed by atoms with Crippen molar-refractivity contribution in [1.29, 1.82) is 0 Å². The van der Waals surface area contributed by atoms with E-state index >= 15 is 0 Å². The molecule has 0 saturated heterocycles. The van der Waals surface area contributed by atoms with Gasteiger partial charge < -0.3 is 15.4 Å². The third kappa shape index (κ3) is 3.91. The number of ether oxygens (including phenoxy) is 1. The van der Waals surface area contributed by atoms with E-state index in [1.54, 1.807) is 13.3 Å². The van der Waals surface area contributed by atoms with Crippen LogP contribution in [0.5, 0.6) is 5.75 Å². The Bertz CT molecular complexity index is 405. The molecule has 0 bridgehead atoms. The van der Waals surface area contributed by atoms with Crippen molar-refractivity contribution in [2.24, 2.45) is 0 Å². The van der Waals surface area contributed by atoms with Crippen molar-refractivity contribution >= 4 is 11.7 Å². The molecule has 98 valence electrons. The van der Waals surface area contributed by atoms with Crippen LogP contribution in [0, 0.1) is 0 Å². The number of anilines is 1. The Morgan fingerprint density at radius 2 is 2.39 bits per heavy atom. The Kier molecular flexibility index (Phi) is 4.39. The third-order valence-electron chi connectivity index (χ3n) is 2.81. The van der Waals surface area contributed by atoms with Crippen LogP contribution in [0.1, 0.15) is 25.7 Å². The fourth-order valence-electron chi connectivity index (χ4n) is 1.67. The van der Waals surface area contributed by atoms with E-state index in [0.717, 1.165) is 30.8 Å². The summed E-state index contributed by atoms with van der Waals surface area (Å²) in [6.07, 6.45) is 5.33. The fraction of sp³-hybridized carbons (Fsp3) is 0.538. The van der Waals surface area contributed by atoms with Crippen LogP contribution in [0.3, 0.4) is 0 Å². The van der Waals surface area contributed by atoms with E-state index < -0.39 is 0 Å². The predicted molar refractivity (Wildman–Crippen MR) is 69.7 cm³/mol. The average Bonchev–Trinajstić information content (AvgIpc) is 3.19. The van der Waals surface area contributed by atoms with Crippen LogP contribution in [0.4, 0.5) is 5.82 Å². The van der Waals surface area contributed by atoms with Crippen molar-refractivity contribution < 1.29 is 9.53 Å². The number of pyridine rings is 1. The summed E-state index contributed by atoms with van der Waals surface area (Å²) in [7, 11) is 1.62. The SMILES string of the molecule is COc1cccnc1NCCCC(=O)NC1CC1. The van der Waals surface area contributed by atoms with Gasteiger partial charge in [-0.05, 0) is 31.4 Å². The molecule has 1 aromatic heterocycles. The molecule has 5 nitrogen and oxygen atoms in total. The van der Waals surface area contributed by atoms with E-state index in [9.17, 15) is 4.79 Å². The first-order chi connectivity index (χ1) is 8.79. The Morgan fingerprint density at radius 3 is 3.11 bits per heavy atom. The minimum absolute atomic E-state index is 0.146. The Hall–Kier alpha value is -1.78. The largest absolute Gasteiger partial charge is 0.493 e. The number of amides is 1. The molecule has 0 unspecified atom stereocenters. The zero-order chi connectivity index (χ0) is 12.8. The molecule has 1 saturated carbocycles. The number of nitrogens with one attached hydrogen (secondary N) is 2. The van der Waals surface area contributed by atoms with Crippen LogP contribution >= 0.6 is 0 Å². The number of nitrogens with zero attached hydrogens (tertiary/aromatic N) is 1. The van der Waals surface area contributed by atoms with Gasteiger partial charge in [0.25, 0.3) is 0 Å². The molecule has 0 aliphatic heterocycles. The minimum atomic E-state index is 0.146. The Balaban J connectivity index is 1.66. The number of hydrogen-bond acceptors (Lipinski definition) is 4. The fourth-order valence-corrected chi connectivity index (χ4v) is 1.67. The molecule has 1 fully saturated rings. The minimum Gasteiger partial charge on any atom is -0.493 e. The number of carbonyl (C=O) groups excluding carboxylic acids is 1. The normalized spacial score (nSPS) is 14.1. The van der Waals surface area contributed by atoms with E-state index in [1.165, 1.54) is 0 Å². The summed E-state index contributed by atoms with van der Waals surface area (Å²) < 4.78 is 5.18. The van der Waals surface area contributed by atoms with Gasteiger partial charge in [-0.2, -0.15) is 0 Å². The highest BCUT2D eigenvalue weighted by Gasteiger charge is 2.22. The van der Waals surface area contributed by atoms with Gasteiger partial charge in [0.15, 0.2) is 11.6 Å². The van der Waals surface area contributed by atoms with Crippen LogP contribution in [-0.4, -0.2) is 30.6 Å². The third-order valence-corrected chi connectivity index (χ3v) is 2.81. The zero-order valence-electron chi connectivity index (χ0n) is 10.6. The second-order valence-electron chi connectivity index (χ2n) is 4.43. The number of hydrogen-bond donors (Lipinski definition) is 2. The van der Waals surface area contributed by atoms with Crippen molar-refractivity contribution in [3.8, 4) is 5.75 Å². The van der Waals surface area contributed by atoms with Crippen molar-refractivity contribution in [2.45, 2.75) is 31.7 Å². The van der Waals surface area contributed by atoms with E-state index in [4.69, 9.17) is 4.74 Å². The van der Waals surface area contributed by atoms with Gasteiger partial charge in [-0.25, -0.2) is 4.98 Å². The summed E-state index contributed by atoms with van der Waals surface area (Å²) in [5.41, 5.74) is 0. The van der Waals surface area contributed by atoms with Crippen molar-refractivity contribution in [2.75, 3.05) is 19.0 Å². The molecule has 0 spiro atoms. The molecule has 18 heavy (non-hydrogen) atoms. The molecule has 2 N–H and O–H groups in total. The summed E-state index contributed by atoms with van der Waals surface area (Å²) in [4.78, 5) is 15.6.